The molecule has 2 aromatic rings. The van der Waals surface area contributed by atoms with Crippen LogP contribution in [0.15, 0.2) is 42.6 Å². The van der Waals surface area contributed by atoms with Gasteiger partial charge < -0.3 is 10.2 Å². The second-order valence-corrected chi connectivity index (χ2v) is 6.38. The molecule has 0 radical (unpaired) electrons. The lowest BCUT2D eigenvalue weighted by atomic mass is 10.2. The van der Waals surface area contributed by atoms with Gasteiger partial charge >= 0.3 is 0 Å². The van der Waals surface area contributed by atoms with Crippen molar-refractivity contribution >= 4 is 29.1 Å². The van der Waals surface area contributed by atoms with Gasteiger partial charge in [0.15, 0.2) is 0 Å². The summed E-state index contributed by atoms with van der Waals surface area (Å²) in [5.74, 6) is -0.609. The number of rotatable bonds is 4. The van der Waals surface area contributed by atoms with Gasteiger partial charge in [0.1, 0.15) is 11.0 Å². The molecule has 2 heterocycles. The average molecular weight is 377 g/mol. The Morgan fingerprint density at radius 1 is 1.08 bits per heavy atom. The zero-order chi connectivity index (χ0) is 18.5. The maximum Gasteiger partial charge on any atom is 0.255 e. The molecule has 0 spiro atoms. The normalized spacial score (nSPS) is 14.9. The molecule has 0 bridgehead atoms. The Bertz CT molecular complexity index is 775. The summed E-state index contributed by atoms with van der Waals surface area (Å²) in [6.45, 7) is 2.49. The van der Waals surface area contributed by atoms with Crippen molar-refractivity contribution in [3.05, 3.63) is 59.1 Å². The van der Waals surface area contributed by atoms with E-state index in [1.807, 2.05) is 4.90 Å². The minimum absolute atomic E-state index is 0.0930. The molecule has 1 saturated heterocycles. The van der Waals surface area contributed by atoms with E-state index in [2.05, 4.69) is 10.3 Å². The molecule has 0 unspecified atom stereocenters. The van der Waals surface area contributed by atoms with E-state index < -0.39 is 0 Å². The van der Waals surface area contributed by atoms with Crippen LogP contribution in [0.4, 0.5) is 10.1 Å². The molecule has 136 valence electrons. The first-order valence-electron chi connectivity index (χ1n) is 8.20. The molecule has 1 aromatic carbocycles. The Balaban J connectivity index is 1.47. The number of amides is 2. The molecule has 6 nitrogen and oxygen atoms in total. The number of aromatic nitrogens is 1. The number of halogens is 2. The van der Waals surface area contributed by atoms with Gasteiger partial charge in [-0.2, -0.15) is 0 Å². The minimum atomic E-state index is -0.348. The van der Waals surface area contributed by atoms with Gasteiger partial charge in [-0.1, -0.05) is 11.6 Å². The summed E-state index contributed by atoms with van der Waals surface area (Å²) in [6, 6.07) is 8.87. The van der Waals surface area contributed by atoms with E-state index in [1.165, 1.54) is 30.5 Å². The van der Waals surface area contributed by atoms with Crippen LogP contribution in [-0.4, -0.2) is 59.3 Å². The number of pyridine rings is 1. The molecular formula is C18H18ClFN4O2. The topological polar surface area (TPSA) is 65.5 Å². The van der Waals surface area contributed by atoms with Gasteiger partial charge in [0.25, 0.3) is 5.91 Å². The highest BCUT2D eigenvalue weighted by Gasteiger charge is 2.23. The molecular weight excluding hydrogens is 359 g/mol. The third kappa shape index (κ3) is 4.77. The third-order valence-electron chi connectivity index (χ3n) is 4.13. The summed E-state index contributed by atoms with van der Waals surface area (Å²) in [6.07, 6.45) is 1.47. The molecule has 2 amide bonds. The fourth-order valence-corrected chi connectivity index (χ4v) is 2.84. The van der Waals surface area contributed by atoms with Gasteiger partial charge in [-0.25, -0.2) is 9.37 Å². The SMILES string of the molecule is O=C(CN1CCN(C(=O)c2ccc(Cl)nc2)CC1)Nc1ccc(F)cc1. The van der Waals surface area contributed by atoms with Crippen LogP contribution in [0.3, 0.4) is 0 Å². The largest absolute Gasteiger partial charge is 0.336 e. The van der Waals surface area contributed by atoms with Crippen molar-refractivity contribution < 1.29 is 14.0 Å². The molecule has 0 saturated carbocycles. The van der Waals surface area contributed by atoms with E-state index in [4.69, 9.17) is 11.6 Å². The molecule has 0 aliphatic carbocycles. The van der Waals surface area contributed by atoms with Crippen LogP contribution in [0.1, 0.15) is 10.4 Å². The quantitative estimate of drug-likeness (QED) is 0.831. The summed E-state index contributed by atoms with van der Waals surface area (Å²) in [4.78, 5) is 32.1. The molecule has 1 aromatic heterocycles. The summed E-state index contributed by atoms with van der Waals surface area (Å²) < 4.78 is 12.9. The van der Waals surface area contributed by atoms with Crippen LogP contribution < -0.4 is 5.32 Å². The summed E-state index contributed by atoms with van der Waals surface area (Å²) >= 11 is 5.74. The Kier molecular flexibility index (Phi) is 5.80. The summed E-state index contributed by atoms with van der Waals surface area (Å²) in [5, 5.41) is 3.08. The maximum absolute atomic E-state index is 12.9. The van der Waals surface area contributed by atoms with Gasteiger partial charge in [-0.3, -0.25) is 14.5 Å². The Morgan fingerprint density at radius 2 is 1.77 bits per heavy atom. The fraction of sp³-hybridized carbons (Fsp3) is 0.278. The van der Waals surface area contributed by atoms with Crippen LogP contribution in [0.5, 0.6) is 0 Å². The third-order valence-corrected chi connectivity index (χ3v) is 4.35. The van der Waals surface area contributed by atoms with Crippen molar-refractivity contribution in [1.82, 2.24) is 14.8 Å². The first-order chi connectivity index (χ1) is 12.5. The van der Waals surface area contributed by atoms with E-state index in [1.54, 1.807) is 17.0 Å². The Hall–Kier alpha value is -2.51. The van der Waals surface area contributed by atoms with Crippen molar-refractivity contribution in [2.75, 3.05) is 38.0 Å². The Labute approximate surface area is 155 Å². The lowest BCUT2D eigenvalue weighted by Crippen LogP contribution is -2.50. The lowest BCUT2D eigenvalue weighted by molar-refractivity contribution is -0.117. The molecule has 26 heavy (non-hydrogen) atoms. The predicted octanol–water partition coefficient (Wildman–Crippen LogP) is 2.27. The van der Waals surface area contributed by atoms with Crippen LogP contribution in [0, 0.1) is 5.82 Å². The van der Waals surface area contributed by atoms with E-state index in [-0.39, 0.29) is 24.2 Å². The molecule has 1 aliphatic rings. The maximum atomic E-state index is 12.9. The number of anilines is 1. The number of carbonyl (C=O) groups excluding carboxylic acids is 2. The molecule has 1 N–H and O–H groups in total. The standard InChI is InChI=1S/C18H18ClFN4O2/c19-16-6-1-13(11-21-16)18(26)24-9-7-23(8-10-24)12-17(25)22-15-4-2-14(20)3-5-15/h1-6,11H,7-10,12H2,(H,22,25). The highest BCUT2D eigenvalue weighted by molar-refractivity contribution is 6.29. The number of nitrogens with one attached hydrogen (secondary N) is 1. The average Bonchev–Trinajstić information content (AvgIpc) is 2.64. The monoisotopic (exact) mass is 376 g/mol. The van der Waals surface area contributed by atoms with Crippen molar-refractivity contribution in [3.63, 3.8) is 0 Å². The first kappa shape index (κ1) is 18.3. The van der Waals surface area contributed by atoms with Crippen LogP contribution >= 0.6 is 11.6 Å². The number of hydrogen-bond acceptors (Lipinski definition) is 4. The van der Waals surface area contributed by atoms with E-state index >= 15 is 0 Å². The first-order valence-corrected chi connectivity index (χ1v) is 8.58. The lowest BCUT2D eigenvalue weighted by Gasteiger charge is -2.34. The molecule has 1 fully saturated rings. The highest BCUT2D eigenvalue weighted by atomic mass is 35.5. The number of nitrogens with zero attached hydrogens (tertiary/aromatic N) is 3. The zero-order valence-electron chi connectivity index (χ0n) is 14.0. The number of hydrogen-bond donors (Lipinski definition) is 1. The minimum Gasteiger partial charge on any atom is -0.336 e. The van der Waals surface area contributed by atoms with Crippen LogP contribution in [0.2, 0.25) is 5.15 Å². The second kappa shape index (κ2) is 8.25. The van der Waals surface area contributed by atoms with Crippen LogP contribution in [0.25, 0.3) is 0 Å². The number of benzene rings is 1. The molecule has 0 atom stereocenters. The molecule has 8 heteroatoms. The smallest absolute Gasteiger partial charge is 0.255 e. The van der Waals surface area contributed by atoms with Crippen molar-refractivity contribution in [3.8, 4) is 0 Å². The molecule has 1 aliphatic heterocycles. The number of piperazine rings is 1. The Morgan fingerprint density at radius 3 is 2.38 bits per heavy atom. The van der Waals surface area contributed by atoms with Gasteiger partial charge in [0.2, 0.25) is 5.91 Å². The highest BCUT2D eigenvalue weighted by Crippen LogP contribution is 2.12. The van der Waals surface area contributed by atoms with Gasteiger partial charge in [0.05, 0.1) is 12.1 Å². The van der Waals surface area contributed by atoms with E-state index in [0.29, 0.717) is 42.6 Å². The number of carbonyl (C=O) groups is 2. The van der Waals surface area contributed by atoms with Crippen molar-refractivity contribution in [2.24, 2.45) is 0 Å². The second-order valence-electron chi connectivity index (χ2n) is 5.99. The van der Waals surface area contributed by atoms with E-state index in [0.717, 1.165) is 0 Å². The van der Waals surface area contributed by atoms with Crippen LogP contribution in [-0.2, 0) is 4.79 Å². The van der Waals surface area contributed by atoms with E-state index in [9.17, 15) is 14.0 Å². The summed E-state index contributed by atoms with van der Waals surface area (Å²) in [7, 11) is 0. The van der Waals surface area contributed by atoms with Gasteiger partial charge in [0, 0.05) is 38.1 Å². The van der Waals surface area contributed by atoms with Crippen molar-refractivity contribution in [1.29, 1.82) is 0 Å². The predicted molar refractivity (Wildman–Crippen MR) is 96.6 cm³/mol. The van der Waals surface area contributed by atoms with Gasteiger partial charge in [-0.15, -0.1) is 0 Å². The summed E-state index contributed by atoms with van der Waals surface area (Å²) in [5.41, 5.74) is 1.05. The fourth-order valence-electron chi connectivity index (χ4n) is 2.73. The van der Waals surface area contributed by atoms with Crippen molar-refractivity contribution in [2.45, 2.75) is 0 Å². The molecule has 3 rings (SSSR count). The van der Waals surface area contributed by atoms with Gasteiger partial charge in [-0.05, 0) is 36.4 Å². The zero-order valence-corrected chi connectivity index (χ0v) is 14.7.